The topological polar surface area (TPSA) is 71.2 Å². The number of aromatic nitrogens is 2. The van der Waals surface area contributed by atoms with Crippen LogP contribution in [-0.2, 0) is 16.1 Å². The fourth-order valence-electron chi connectivity index (χ4n) is 3.19. The van der Waals surface area contributed by atoms with Gasteiger partial charge in [-0.25, -0.2) is 4.98 Å². The van der Waals surface area contributed by atoms with E-state index in [1.807, 2.05) is 35.9 Å². The van der Waals surface area contributed by atoms with Crippen molar-refractivity contribution in [3.63, 3.8) is 0 Å². The monoisotopic (exact) mass is 505 g/mol. The SMILES string of the molecule is CCOC(=O)C1CCN(C(=NC)NCc2cn3cc(Cl)ccc3n2)CC1.I. The number of ether oxygens (including phenoxy) is 1. The highest BCUT2D eigenvalue weighted by Gasteiger charge is 2.27. The summed E-state index contributed by atoms with van der Waals surface area (Å²) in [5.74, 6) is 0.730. The Morgan fingerprint density at radius 3 is 2.78 bits per heavy atom. The predicted molar refractivity (Wildman–Crippen MR) is 117 cm³/mol. The molecule has 0 bridgehead atoms. The van der Waals surface area contributed by atoms with Crippen molar-refractivity contribution in [1.29, 1.82) is 0 Å². The zero-order valence-electron chi connectivity index (χ0n) is 15.5. The van der Waals surface area contributed by atoms with Gasteiger partial charge in [0.2, 0.25) is 0 Å². The normalized spacial score (nSPS) is 15.5. The second-order valence-corrected chi connectivity index (χ2v) is 6.70. The van der Waals surface area contributed by atoms with Crippen LogP contribution in [0.3, 0.4) is 0 Å². The van der Waals surface area contributed by atoms with Gasteiger partial charge in [-0.2, -0.15) is 0 Å². The molecule has 0 radical (unpaired) electrons. The van der Waals surface area contributed by atoms with Gasteiger partial charge >= 0.3 is 5.97 Å². The number of carbonyl (C=O) groups excluding carboxylic acids is 1. The van der Waals surface area contributed by atoms with E-state index < -0.39 is 0 Å². The number of nitrogens with zero attached hydrogens (tertiary/aromatic N) is 4. The lowest BCUT2D eigenvalue weighted by Gasteiger charge is -2.33. The number of aliphatic imine (C=N–C) groups is 1. The molecule has 0 aromatic carbocycles. The number of carbonyl (C=O) groups is 1. The van der Waals surface area contributed by atoms with Crippen molar-refractivity contribution in [2.24, 2.45) is 10.9 Å². The molecule has 0 unspecified atom stereocenters. The number of piperidine rings is 1. The summed E-state index contributed by atoms with van der Waals surface area (Å²) in [4.78, 5) is 23.0. The third-order valence-corrected chi connectivity index (χ3v) is 4.74. The maximum Gasteiger partial charge on any atom is 0.309 e. The van der Waals surface area contributed by atoms with Crippen LogP contribution in [0.2, 0.25) is 5.02 Å². The summed E-state index contributed by atoms with van der Waals surface area (Å²) >= 11 is 6.01. The van der Waals surface area contributed by atoms with Crippen molar-refractivity contribution in [2.45, 2.75) is 26.3 Å². The van der Waals surface area contributed by atoms with Gasteiger partial charge in [0, 0.05) is 32.5 Å². The number of esters is 1. The van der Waals surface area contributed by atoms with Crippen molar-refractivity contribution < 1.29 is 9.53 Å². The van der Waals surface area contributed by atoms with Gasteiger partial charge in [0.05, 0.1) is 29.8 Å². The number of likely N-dealkylation sites (tertiary alicyclic amines) is 1. The van der Waals surface area contributed by atoms with E-state index in [1.165, 1.54) is 0 Å². The number of rotatable bonds is 4. The Hall–Kier alpha value is -1.55. The fraction of sp³-hybridized carbons (Fsp3) is 0.500. The standard InChI is InChI=1S/C18H24ClN5O2.HI/c1-3-26-17(25)13-6-8-23(9-7-13)18(20-2)21-10-15-12-24-11-14(19)4-5-16(24)22-15;/h4-5,11-13H,3,6-10H2,1-2H3,(H,20,21);1H. The molecule has 2 aromatic heterocycles. The molecule has 0 spiro atoms. The minimum absolute atomic E-state index is 0. The zero-order chi connectivity index (χ0) is 18.5. The van der Waals surface area contributed by atoms with Crippen molar-refractivity contribution in [3.8, 4) is 0 Å². The Morgan fingerprint density at radius 2 is 2.11 bits per heavy atom. The highest BCUT2D eigenvalue weighted by Crippen LogP contribution is 2.19. The summed E-state index contributed by atoms with van der Waals surface area (Å²) in [5, 5.41) is 4.03. The second kappa shape index (κ2) is 10.1. The Bertz CT molecular complexity index is 802. The minimum atomic E-state index is -0.0848. The lowest BCUT2D eigenvalue weighted by Crippen LogP contribution is -2.46. The molecule has 2 aromatic rings. The van der Waals surface area contributed by atoms with Crippen LogP contribution in [0.5, 0.6) is 0 Å². The molecule has 0 saturated carbocycles. The Balaban J connectivity index is 0.00000261. The number of fused-ring (bicyclic) bond motifs is 1. The molecule has 0 atom stereocenters. The summed E-state index contributed by atoms with van der Waals surface area (Å²) < 4.78 is 7.03. The first-order chi connectivity index (χ1) is 12.6. The largest absolute Gasteiger partial charge is 0.466 e. The summed E-state index contributed by atoms with van der Waals surface area (Å²) in [5.41, 5.74) is 1.77. The molecule has 1 saturated heterocycles. The van der Waals surface area contributed by atoms with E-state index in [-0.39, 0.29) is 35.9 Å². The molecular weight excluding hydrogens is 481 g/mol. The Labute approximate surface area is 181 Å². The molecule has 1 aliphatic heterocycles. The van der Waals surface area contributed by atoms with Crippen molar-refractivity contribution in [2.75, 3.05) is 26.7 Å². The van der Waals surface area contributed by atoms with E-state index in [0.29, 0.717) is 18.2 Å². The molecule has 3 rings (SSSR count). The van der Waals surface area contributed by atoms with Gasteiger partial charge in [-0.15, -0.1) is 24.0 Å². The average Bonchev–Trinajstić information content (AvgIpc) is 3.05. The number of hydrogen-bond donors (Lipinski definition) is 1. The smallest absolute Gasteiger partial charge is 0.309 e. The number of hydrogen-bond acceptors (Lipinski definition) is 4. The number of nitrogens with one attached hydrogen (secondary N) is 1. The Kier molecular flexibility index (Phi) is 8.15. The zero-order valence-corrected chi connectivity index (χ0v) is 18.6. The predicted octanol–water partition coefficient (Wildman–Crippen LogP) is 2.96. The Morgan fingerprint density at radius 1 is 1.37 bits per heavy atom. The molecule has 1 N–H and O–H groups in total. The van der Waals surface area contributed by atoms with Crippen LogP contribution in [0.15, 0.2) is 29.5 Å². The molecule has 0 amide bonds. The molecule has 148 valence electrons. The number of guanidine groups is 1. The summed E-state index contributed by atoms with van der Waals surface area (Å²) in [6.07, 6.45) is 5.36. The van der Waals surface area contributed by atoms with Crippen LogP contribution in [0, 0.1) is 5.92 Å². The van der Waals surface area contributed by atoms with Gasteiger partial charge in [0.15, 0.2) is 5.96 Å². The fourth-order valence-corrected chi connectivity index (χ4v) is 3.36. The van der Waals surface area contributed by atoms with E-state index in [2.05, 4.69) is 20.2 Å². The van der Waals surface area contributed by atoms with E-state index in [4.69, 9.17) is 16.3 Å². The molecule has 1 aliphatic rings. The van der Waals surface area contributed by atoms with Gasteiger partial charge < -0.3 is 19.4 Å². The number of imidazole rings is 1. The van der Waals surface area contributed by atoms with Gasteiger partial charge in [0.1, 0.15) is 5.65 Å². The van der Waals surface area contributed by atoms with Crippen LogP contribution in [-0.4, -0.2) is 53.0 Å². The van der Waals surface area contributed by atoms with E-state index in [9.17, 15) is 4.79 Å². The minimum Gasteiger partial charge on any atom is -0.466 e. The molecule has 7 nitrogen and oxygen atoms in total. The molecular formula is C18H25ClIN5O2. The molecule has 3 heterocycles. The third-order valence-electron chi connectivity index (χ3n) is 4.52. The third kappa shape index (κ3) is 5.47. The lowest BCUT2D eigenvalue weighted by molar-refractivity contribution is -0.149. The van der Waals surface area contributed by atoms with Gasteiger partial charge in [-0.1, -0.05) is 11.6 Å². The van der Waals surface area contributed by atoms with Crippen molar-refractivity contribution >= 4 is 53.2 Å². The summed E-state index contributed by atoms with van der Waals surface area (Å²) in [7, 11) is 1.77. The van der Waals surface area contributed by atoms with Crippen LogP contribution in [0.4, 0.5) is 0 Å². The quantitative estimate of drug-likeness (QED) is 0.299. The van der Waals surface area contributed by atoms with Crippen molar-refractivity contribution in [3.05, 3.63) is 35.2 Å². The summed E-state index contributed by atoms with van der Waals surface area (Å²) in [6, 6.07) is 3.72. The summed E-state index contributed by atoms with van der Waals surface area (Å²) in [6.45, 7) is 4.41. The van der Waals surface area contributed by atoms with Crippen molar-refractivity contribution in [1.82, 2.24) is 19.6 Å². The first kappa shape index (κ1) is 21.7. The second-order valence-electron chi connectivity index (χ2n) is 6.26. The average molecular weight is 506 g/mol. The van der Waals surface area contributed by atoms with E-state index in [1.54, 1.807) is 7.05 Å². The first-order valence-electron chi connectivity index (χ1n) is 8.86. The van der Waals surface area contributed by atoms with Crippen LogP contribution in [0.25, 0.3) is 5.65 Å². The molecule has 1 fully saturated rings. The molecule has 0 aliphatic carbocycles. The van der Waals surface area contributed by atoms with Gasteiger partial charge in [-0.05, 0) is 31.9 Å². The van der Waals surface area contributed by atoms with E-state index in [0.717, 1.165) is 43.2 Å². The van der Waals surface area contributed by atoms with Gasteiger partial charge in [0.25, 0.3) is 0 Å². The number of pyridine rings is 1. The number of halogens is 2. The first-order valence-corrected chi connectivity index (χ1v) is 9.24. The maximum atomic E-state index is 11.9. The lowest BCUT2D eigenvalue weighted by atomic mass is 9.97. The van der Waals surface area contributed by atoms with Crippen LogP contribution >= 0.6 is 35.6 Å². The van der Waals surface area contributed by atoms with E-state index >= 15 is 0 Å². The maximum absolute atomic E-state index is 11.9. The molecule has 9 heteroatoms. The van der Waals surface area contributed by atoms with Gasteiger partial charge in [-0.3, -0.25) is 9.79 Å². The van der Waals surface area contributed by atoms with Crippen LogP contribution < -0.4 is 5.32 Å². The molecule has 27 heavy (non-hydrogen) atoms. The van der Waals surface area contributed by atoms with Crippen LogP contribution in [0.1, 0.15) is 25.5 Å². The highest BCUT2D eigenvalue weighted by atomic mass is 127. The highest BCUT2D eigenvalue weighted by molar-refractivity contribution is 14.0.